The van der Waals surface area contributed by atoms with Gasteiger partial charge in [0.2, 0.25) is 5.88 Å². The van der Waals surface area contributed by atoms with Crippen LogP contribution in [0.15, 0.2) is 41.8 Å². The third kappa shape index (κ3) is 6.46. The number of hydrogen-bond acceptors (Lipinski definition) is 6. The maximum atomic E-state index is 13.3. The highest BCUT2D eigenvalue weighted by atomic mass is 35.5. The van der Waals surface area contributed by atoms with Crippen LogP contribution in [0.3, 0.4) is 0 Å². The summed E-state index contributed by atoms with van der Waals surface area (Å²) in [7, 11) is 1.73. The van der Waals surface area contributed by atoms with Gasteiger partial charge >= 0.3 is 0 Å². The smallest absolute Gasteiger partial charge is 0.258 e. The average molecular weight is 428 g/mol. The molecular weight excluding hydrogens is 402 g/mol. The van der Waals surface area contributed by atoms with Crippen molar-refractivity contribution < 1.29 is 9.53 Å². The zero-order valence-electron chi connectivity index (χ0n) is 17.7. The Morgan fingerprint density at radius 3 is 2.80 bits per heavy atom. The number of likely N-dealkylation sites (N-methyl/N-ethyl adjacent to an activating group) is 1. The molecule has 0 radical (unpaired) electrons. The van der Waals surface area contributed by atoms with Gasteiger partial charge in [-0.05, 0) is 32.0 Å². The van der Waals surface area contributed by atoms with Gasteiger partial charge < -0.3 is 9.64 Å². The third-order valence-electron chi connectivity index (χ3n) is 4.20. The van der Waals surface area contributed by atoms with Crippen molar-refractivity contribution in [3.05, 3.63) is 47.2 Å². The van der Waals surface area contributed by atoms with E-state index in [-0.39, 0.29) is 11.9 Å². The van der Waals surface area contributed by atoms with Gasteiger partial charge in [0.05, 0.1) is 22.8 Å². The molecule has 0 spiro atoms. The van der Waals surface area contributed by atoms with Gasteiger partial charge in [0.25, 0.3) is 5.91 Å². The van der Waals surface area contributed by atoms with Gasteiger partial charge in [-0.1, -0.05) is 30.4 Å². The Hall–Kier alpha value is -3.11. The number of carbonyl (C=O) groups is 1. The summed E-state index contributed by atoms with van der Waals surface area (Å²) in [5.74, 6) is 6.52. The van der Waals surface area contributed by atoms with Gasteiger partial charge in [0.1, 0.15) is 6.61 Å². The number of carbonyl (C=O) groups excluding carboxylic acids is 1. The van der Waals surface area contributed by atoms with Crippen molar-refractivity contribution in [3.63, 3.8) is 0 Å². The molecule has 0 N–H and O–H groups in total. The number of ether oxygens (including phenoxy) is 1. The number of hydrazone groups is 1. The van der Waals surface area contributed by atoms with E-state index in [2.05, 4.69) is 26.9 Å². The van der Waals surface area contributed by atoms with E-state index in [1.165, 1.54) is 12.4 Å². The molecule has 2 heterocycles. The SMILES string of the molecule is CCC#C/C=N\N(C)c1ncccc1C(=O)N(CC)C(C)COc1ccc(Cl)cn1. The van der Waals surface area contributed by atoms with Gasteiger partial charge in [-0.3, -0.25) is 4.79 Å². The number of anilines is 1. The largest absolute Gasteiger partial charge is 0.475 e. The van der Waals surface area contributed by atoms with Crippen LogP contribution in [0.1, 0.15) is 37.6 Å². The summed E-state index contributed by atoms with van der Waals surface area (Å²) in [6, 6.07) is 6.70. The predicted molar refractivity (Wildman–Crippen MR) is 120 cm³/mol. The summed E-state index contributed by atoms with van der Waals surface area (Å²) >= 11 is 5.85. The maximum Gasteiger partial charge on any atom is 0.258 e. The predicted octanol–water partition coefficient (Wildman–Crippen LogP) is 3.90. The van der Waals surface area contributed by atoms with Crippen LogP contribution in [0.25, 0.3) is 0 Å². The van der Waals surface area contributed by atoms with E-state index >= 15 is 0 Å². The summed E-state index contributed by atoms with van der Waals surface area (Å²) in [6.45, 7) is 6.63. The third-order valence-corrected chi connectivity index (χ3v) is 4.43. The Morgan fingerprint density at radius 1 is 1.33 bits per heavy atom. The molecule has 0 aliphatic carbocycles. The quantitative estimate of drug-likeness (QED) is 0.363. The summed E-state index contributed by atoms with van der Waals surface area (Å²) in [5.41, 5.74) is 0.457. The number of hydrogen-bond donors (Lipinski definition) is 0. The molecule has 1 atom stereocenters. The summed E-state index contributed by atoms with van der Waals surface area (Å²) < 4.78 is 5.72. The Bertz CT molecular complexity index is 921. The van der Waals surface area contributed by atoms with E-state index in [1.807, 2.05) is 20.8 Å². The minimum atomic E-state index is -0.183. The highest BCUT2D eigenvalue weighted by Crippen LogP contribution is 2.20. The maximum absolute atomic E-state index is 13.3. The van der Waals surface area contributed by atoms with E-state index in [0.717, 1.165) is 6.42 Å². The normalized spacial score (nSPS) is 11.5. The summed E-state index contributed by atoms with van der Waals surface area (Å²) in [6.07, 6.45) is 5.40. The van der Waals surface area contributed by atoms with Crippen molar-refractivity contribution >= 4 is 29.5 Å². The number of halogens is 1. The minimum absolute atomic E-state index is 0.151. The second-order valence-electron chi connectivity index (χ2n) is 6.38. The summed E-state index contributed by atoms with van der Waals surface area (Å²) in [5, 5.41) is 6.33. The van der Waals surface area contributed by atoms with Crippen LogP contribution in [-0.2, 0) is 0 Å². The molecule has 2 aromatic heterocycles. The van der Waals surface area contributed by atoms with Crippen LogP contribution in [0.2, 0.25) is 5.02 Å². The molecule has 8 heteroatoms. The zero-order chi connectivity index (χ0) is 21.9. The number of pyridine rings is 2. The Labute approximate surface area is 182 Å². The molecule has 0 bridgehead atoms. The lowest BCUT2D eigenvalue weighted by Gasteiger charge is -2.29. The molecule has 0 aliphatic rings. The second-order valence-corrected chi connectivity index (χ2v) is 6.82. The lowest BCUT2D eigenvalue weighted by atomic mass is 10.2. The molecular formula is C22H26ClN5O2. The minimum Gasteiger partial charge on any atom is -0.475 e. The highest BCUT2D eigenvalue weighted by Gasteiger charge is 2.24. The fraction of sp³-hybridized carbons (Fsp3) is 0.364. The van der Waals surface area contributed by atoms with Crippen LogP contribution in [0.4, 0.5) is 5.82 Å². The van der Waals surface area contributed by atoms with Crippen molar-refractivity contribution in [2.24, 2.45) is 5.10 Å². The van der Waals surface area contributed by atoms with Crippen LogP contribution in [-0.4, -0.2) is 53.2 Å². The van der Waals surface area contributed by atoms with Gasteiger partial charge in [-0.25, -0.2) is 15.0 Å². The van der Waals surface area contributed by atoms with E-state index < -0.39 is 0 Å². The Balaban J connectivity index is 2.14. The zero-order valence-corrected chi connectivity index (χ0v) is 18.4. The molecule has 0 saturated carbocycles. The molecule has 1 amide bonds. The van der Waals surface area contributed by atoms with Gasteiger partial charge in [0.15, 0.2) is 5.82 Å². The number of aromatic nitrogens is 2. The van der Waals surface area contributed by atoms with E-state index in [1.54, 1.807) is 47.4 Å². The fourth-order valence-electron chi connectivity index (χ4n) is 2.69. The van der Waals surface area contributed by atoms with Crippen LogP contribution in [0.5, 0.6) is 5.88 Å². The average Bonchev–Trinajstić information content (AvgIpc) is 2.76. The number of nitrogens with zero attached hydrogens (tertiary/aromatic N) is 5. The standard InChI is InChI=1S/C22H26ClN5O2/c1-5-7-8-14-26-27(4)21-19(10-9-13-24-21)22(29)28(6-2)17(3)16-30-20-12-11-18(23)15-25-20/h9-15,17H,5-6,16H2,1-4H3/b26-14-. The second kappa shape index (κ2) is 11.8. The molecule has 0 aliphatic heterocycles. The summed E-state index contributed by atoms with van der Waals surface area (Å²) in [4.78, 5) is 23.4. The first-order valence-corrected chi connectivity index (χ1v) is 10.1. The number of rotatable bonds is 8. The van der Waals surface area contributed by atoms with Gasteiger partial charge in [-0.2, -0.15) is 5.10 Å². The van der Waals surface area contributed by atoms with Gasteiger partial charge in [-0.15, -0.1) is 0 Å². The van der Waals surface area contributed by atoms with Crippen LogP contribution < -0.4 is 9.75 Å². The molecule has 0 saturated heterocycles. The van der Waals surface area contributed by atoms with Crippen molar-refractivity contribution in [1.29, 1.82) is 0 Å². The van der Waals surface area contributed by atoms with E-state index in [4.69, 9.17) is 16.3 Å². The first-order valence-electron chi connectivity index (χ1n) is 9.72. The van der Waals surface area contributed by atoms with Crippen molar-refractivity contribution in [2.45, 2.75) is 33.2 Å². The molecule has 1 unspecified atom stereocenters. The fourth-order valence-corrected chi connectivity index (χ4v) is 2.81. The molecule has 0 fully saturated rings. The molecule has 30 heavy (non-hydrogen) atoms. The first-order chi connectivity index (χ1) is 14.5. The van der Waals surface area contributed by atoms with E-state index in [9.17, 15) is 4.79 Å². The van der Waals surface area contributed by atoms with Gasteiger partial charge in [0, 0.05) is 38.5 Å². The highest BCUT2D eigenvalue weighted by molar-refractivity contribution is 6.30. The number of amides is 1. The topological polar surface area (TPSA) is 70.9 Å². The molecule has 158 valence electrons. The lowest BCUT2D eigenvalue weighted by molar-refractivity contribution is 0.0646. The Morgan fingerprint density at radius 2 is 2.13 bits per heavy atom. The monoisotopic (exact) mass is 427 g/mol. The lowest BCUT2D eigenvalue weighted by Crippen LogP contribution is -2.42. The van der Waals surface area contributed by atoms with E-state index in [0.29, 0.717) is 35.4 Å². The van der Waals surface area contributed by atoms with Crippen molar-refractivity contribution in [2.75, 3.05) is 25.2 Å². The van der Waals surface area contributed by atoms with Crippen molar-refractivity contribution in [3.8, 4) is 17.7 Å². The van der Waals surface area contributed by atoms with Crippen LogP contribution in [0, 0.1) is 11.8 Å². The molecule has 7 nitrogen and oxygen atoms in total. The van der Waals surface area contributed by atoms with Crippen LogP contribution >= 0.6 is 11.6 Å². The molecule has 2 rings (SSSR count). The van der Waals surface area contributed by atoms with Crippen molar-refractivity contribution in [1.82, 2.24) is 14.9 Å². The Kier molecular flexibility index (Phi) is 9.10. The first kappa shape index (κ1) is 23.2. The molecule has 0 aromatic carbocycles. The molecule has 2 aromatic rings.